The number of rotatable bonds is 5. The van der Waals surface area contributed by atoms with E-state index in [0.717, 1.165) is 25.0 Å². The summed E-state index contributed by atoms with van der Waals surface area (Å²) in [6.45, 7) is 2.22. The number of pyridine rings is 1. The summed E-state index contributed by atoms with van der Waals surface area (Å²) in [6, 6.07) is 5.63. The number of carbonyl (C=O) groups is 2. The molecule has 9 nitrogen and oxygen atoms in total. The van der Waals surface area contributed by atoms with Gasteiger partial charge in [-0.15, -0.1) is 10.2 Å². The summed E-state index contributed by atoms with van der Waals surface area (Å²) >= 11 is 1.39. The van der Waals surface area contributed by atoms with E-state index in [1.807, 2.05) is 18.2 Å². The summed E-state index contributed by atoms with van der Waals surface area (Å²) in [4.78, 5) is 33.1. The number of hydrogen-bond donors (Lipinski definition) is 1. The average Bonchev–Trinajstić information content (AvgIpc) is 3.17. The van der Waals surface area contributed by atoms with Gasteiger partial charge in [-0.2, -0.15) is 0 Å². The van der Waals surface area contributed by atoms with Gasteiger partial charge in [-0.25, -0.2) is 4.98 Å². The highest BCUT2D eigenvalue weighted by atomic mass is 32.1. The molecule has 2 amide bonds. The number of carbonyl (C=O) groups excluding carboxylic acids is 2. The quantitative estimate of drug-likeness (QED) is 0.795. The molecule has 4 heterocycles. The van der Waals surface area contributed by atoms with Crippen molar-refractivity contribution in [3.63, 3.8) is 0 Å². The Kier molecular flexibility index (Phi) is 6.30. The summed E-state index contributed by atoms with van der Waals surface area (Å²) in [5.41, 5.74) is 2.40. The smallest absolute Gasteiger partial charge is 0.242 e. The van der Waals surface area contributed by atoms with Crippen LogP contribution in [0.15, 0.2) is 23.7 Å². The third-order valence-corrected chi connectivity index (χ3v) is 5.72. The van der Waals surface area contributed by atoms with Crippen LogP contribution in [0.25, 0.3) is 0 Å². The monoisotopic (exact) mass is 416 g/mol. The molecular formula is C19H24N6O3S. The van der Waals surface area contributed by atoms with E-state index in [1.165, 1.54) is 11.3 Å². The van der Waals surface area contributed by atoms with Gasteiger partial charge in [-0.3, -0.25) is 9.59 Å². The molecule has 10 heteroatoms. The summed E-state index contributed by atoms with van der Waals surface area (Å²) in [5, 5.41) is 11.5. The minimum Gasteiger partial charge on any atom is -0.368 e. The molecule has 0 spiro atoms. The number of nitrogens with one attached hydrogen (secondary N) is 1. The Morgan fingerprint density at radius 1 is 1.28 bits per heavy atom. The van der Waals surface area contributed by atoms with Gasteiger partial charge >= 0.3 is 0 Å². The zero-order chi connectivity index (χ0) is 20.1. The number of nitrogens with zero attached hydrogens (tertiary/aromatic N) is 5. The number of morpholine rings is 1. The van der Waals surface area contributed by atoms with Gasteiger partial charge in [0.05, 0.1) is 25.4 Å². The van der Waals surface area contributed by atoms with Crippen LogP contribution in [0.2, 0.25) is 0 Å². The van der Waals surface area contributed by atoms with Crippen LogP contribution in [0.5, 0.6) is 0 Å². The molecule has 2 aliphatic heterocycles. The normalized spacial score (nSPS) is 20.4. The van der Waals surface area contributed by atoms with Crippen LogP contribution in [0.1, 0.15) is 37.5 Å². The number of amides is 2. The first-order valence-electron chi connectivity index (χ1n) is 9.86. The van der Waals surface area contributed by atoms with Crippen molar-refractivity contribution >= 4 is 34.1 Å². The minimum absolute atomic E-state index is 0.0308. The molecular weight excluding hydrogens is 392 g/mol. The van der Waals surface area contributed by atoms with Gasteiger partial charge in [0.25, 0.3) is 0 Å². The second-order valence-corrected chi connectivity index (χ2v) is 7.97. The van der Waals surface area contributed by atoms with Gasteiger partial charge in [0.1, 0.15) is 17.4 Å². The molecule has 0 saturated carbocycles. The molecule has 0 aliphatic carbocycles. The van der Waals surface area contributed by atoms with Gasteiger partial charge in [0, 0.05) is 19.5 Å². The Balaban J connectivity index is 1.39. The predicted molar refractivity (Wildman–Crippen MR) is 108 cm³/mol. The molecule has 0 bridgehead atoms. The number of aromatic nitrogens is 3. The van der Waals surface area contributed by atoms with Gasteiger partial charge < -0.3 is 19.9 Å². The highest BCUT2D eigenvalue weighted by Gasteiger charge is 2.28. The summed E-state index contributed by atoms with van der Waals surface area (Å²) in [5.74, 6) is 0.705. The van der Waals surface area contributed by atoms with Crippen molar-refractivity contribution in [1.29, 1.82) is 0 Å². The van der Waals surface area contributed by atoms with Crippen molar-refractivity contribution in [2.45, 2.75) is 31.8 Å². The first kappa shape index (κ1) is 19.7. The lowest BCUT2D eigenvalue weighted by Crippen LogP contribution is -2.47. The molecule has 2 aromatic rings. The topological polar surface area (TPSA) is 101 Å². The van der Waals surface area contributed by atoms with Crippen LogP contribution in [0, 0.1) is 0 Å². The molecule has 1 N–H and O–H groups in total. The van der Waals surface area contributed by atoms with Crippen LogP contribution >= 0.6 is 11.3 Å². The van der Waals surface area contributed by atoms with E-state index in [2.05, 4.69) is 20.5 Å². The zero-order valence-corrected chi connectivity index (χ0v) is 16.9. The van der Waals surface area contributed by atoms with Crippen molar-refractivity contribution in [2.24, 2.45) is 0 Å². The lowest BCUT2D eigenvalue weighted by Gasteiger charge is -2.34. The van der Waals surface area contributed by atoms with Crippen LogP contribution in [-0.4, -0.2) is 69.6 Å². The van der Waals surface area contributed by atoms with Gasteiger partial charge in [-0.1, -0.05) is 23.8 Å². The minimum atomic E-state index is -0.302. The van der Waals surface area contributed by atoms with Gasteiger partial charge in [0.2, 0.25) is 16.9 Å². The van der Waals surface area contributed by atoms with Crippen LogP contribution in [0.4, 0.5) is 10.9 Å². The van der Waals surface area contributed by atoms with E-state index >= 15 is 0 Å². The fourth-order valence-corrected chi connectivity index (χ4v) is 4.01. The Hall–Kier alpha value is -2.59. The van der Waals surface area contributed by atoms with E-state index in [1.54, 1.807) is 15.3 Å². The Morgan fingerprint density at radius 3 is 3.07 bits per heavy atom. The standard InChI is InChI=1S/C19H24N6O3S/c26-17-7-2-1-3-8-24(17)12-18(27)25-9-10-28-15(11-25)14-5-4-6-16(21-14)22-19-23-20-13-29-19/h4-6,13,15H,1-3,7-12H2,(H,21,22,23). The Morgan fingerprint density at radius 2 is 2.21 bits per heavy atom. The fraction of sp³-hybridized carbons (Fsp3) is 0.526. The number of hydrogen-bond acceptors (Lipinski definition) is 8. The van der Waals surface area contributed by atoms with E-state index in [9.17, 15) is 9.59 Å². The van der Waals surface area contributed by atoms with Gasteiger partial charge in [0.15, 0.2) is 0 Å². The van der Waals surface area contributed by atoms with Crippen molar-refractivity contribution in [2.75, 3.05) is 38.1 Å². The summed E-state index contributed by atoms with van der Waals surface area (Å²) < 4.78 is 5.88. The van der Waals surface area contributed by atoms with Crippen LogP contribution in [-0.2, 0) is 14.3 Å². The summed E-state index contributed by atoms with van der Waals surface area (Å²) in [6.07, 6.45) is 3.16. The molecule has 29 heavy (non-hydrogen) atoms. The van der Waals surface area contributed by atoms with Crippen molar-refractivity contribution < 1.29 is 14.3 Å². The second-order valence-electron chi connectivity index (χ2n) is 7.14. The van der Waals surface area contributed by atoms with Crippen molar-refractivity contribution in [3.05, 3.63) is 29.4 Å². The maximum Gasteiger partial charge on any atom is 0.242 e. The number of likely N-dealkylation sites (tertiary alicyclic amines) is 1. The van der Waals surface area contributed by atoms with Gasteiger partial charge in [-0.05, 0) is 25.0 Å². The molecule has 1 unspecified atom stereocenters. The van der Waals surface area contributed by atoms with E-state index in [0.29, 0.717) is 43.6 Å². The first-order valence-corrected chi connectivity index (χ1v) is 10.7. The zero-order valence-electron chi connectivity index (χ0n) is 16.1. The molecule has 4 rings (SSSR count). The number of ether oxygens (including phenoxy) is 1. The Bertz CT molecular complexity index is 846. The first-order chi connectivity index (χ1) is 14.2. The lowest BCUT2D eigenvalue weighted by molar-refractivity contribution is -0.145. The van der Waals surface area contributed by atoms with Crippen LogP contribution in [0.3, 0.4) is 0 Å². The molecule has 2 aliphatic rings. The molecule has 154 valence electrons. The third-order valence-electron chi connectivity index (χ3n) is 5.11. The maximum atomic E-state index is 12.8. The van der Waals surface area contributed by atoms with E-state index in [4.69, 9.17) is 4.74 Å². The molecule has 0 aromatic carbocycles. The molecule has 0 radical (unpaired) electrons. The van der Waals surface area contributed by atoms with Crippen molar-refractivity contribution in [3.8, 4) is 0 Å². The van der Waals surface area contributed by atoms with Crippen molar-refractivity contribution in [1.82, 2.24) is 25.0 Å². The summed E-state index contributed by atoms with van der Waals surface area (Å²) in [7, 11) is 0. The van der Waals surface area contributed by atoms with E-state index in [-0.39, 0.29) is 24.5 Å². The highest BCUT2D eigenvalue weighted by molar-refractivity contribution is 7.13. The Labute approximate surface area is 173 Å². The maximum absolute atomic E-state index is 12.8. The lowest BCUT2D eigenvalue weighted by atomic mass is 10.2. The largest absolute Gasteiger partial charge is 0.368 e. The fourth-order valence-electron chi connectivity index (χ4n) is 3.56. The molecule has 2 aromatic heterocycles. The predicted octanol–water partition coefficient (Wildman–Crippen LogP) is 1.98. The molecule has 1 atom stereocenters. The SMILES string of the molecule is O=C1CCCCCN1CC(=O)N1CCOC(c2cccc(Nc3nncs3)n2)C1. The van der Waals surface area contributed by atoms with Crippen LogP contribution < -0.4 is 5.32 Å². The molecule has 2 saturated heterocycles. The molecule has 2 fully saturated rings. The highest BCUT2D eigenvalue weighted by Crippen LogP contribution is 2.24. The van der Waals surface area contributed by atoms with E-state index < -0.39 is 0 Å². The average molecular weight is 417 g/mol. The second kappa shape index (κ2) is 9.27. The number of anilines is 2. The third kappa shape index (κ3) is 5.07.